The fourth-order valence-electron chi connectivity index (χ4n) is 2.00. The summed E-state index contributed by atoms with van der Waals surface area (Å²) in [5, 5.41) is 0. The molecule has 0 spiro atoms. The summed E-state index contributed by atoms with van der Waals surface area (Å²) in [5.41, 5.74) is -0.177. The molecule has 26 heavy (non-hydrogen) atoms. The van der Waals surface area contributed by atoms with E-state index < -0.39 is 17.7 Å². The summed E-state index contributed by atoms with van der Waals surface area (Å²) in [7, 11) is 1.24. The molecule has 0 atom stereocenters. The first-order valence-electron chi connectivity index (χ1n) is 7.49. The number of ether oxygens (including phenoxy) is 2. The van der Waals surface area contributed by atoms with Gasteiger partial charge in [0.2, 0.25) is 0 Å². The number of hydrogen-bond donors (Lipinski definition) is 0. The molecule has 0 aliphatic rings. The Bertz CT molecular complexity index is 808. The van der Waals surface area contributed by atoms with Gasteiger partial charge in [-0.15, -0.1) is 0 Å². The predicted molar refractivity (Wildman–Crippen MR) is 88.8 cm³/mol. The minimum atomic E-state index is -4.44. The van der Waals surface area contributed by atoms with Crippen molar-refractivity contribution in [2.75, 3.05) is 13.7 Å². The molecule has 0 aliphatic carbocycles. The molecule has 136 valence electrons. The molecule has 2 rings (SSSR count). The van der Waals surface area contributed by atoms with Crippen LogP contribution in [0.3, 0.4) is 0 Å². The largest absolute Gasteiger partial charge is 0.482 e. The second kappa shape index (κ2) is 8.33. The lowest BCUT2D eigenvalue weighted by molar-refractivity contribution is -0.143. The van der Waals surface area contributed by atoms with Crippen molar-refractivity contribution in [2.24, 2.45) is 0 Å². The van der Waals surface area contributed by atoms with Crippen molar-refractivity contribution >= 4 is 17.8 Å². The number of methoxy groups -OCH3 is 1. The van der Waals surface area contributed by atoms with Crippen LogP contribution in [0.15, 0.2) is 54.6 Å². The van der Waals surface area contributed by atoms with Crippen LogP contribution in [0.1, 0.15) is 21.5 Å². The number of ketones is 1. The lowest BCUT2D eigenvalue weighted by atomic mass is 10.1. The first-order valence-corrected chi connectivity index (χ1v) is 7.49. The Hall–Kier alpha value is -3.09. The molecule has 0 radical (unpaired) electrons. The van der Waals surface area contributed by atoms with Crippen LogP contribution < -0.4 is 4.74 Å². The molecule has 4 nitrogen and oxygen atoms in total. The van der Waals surface area contributed by atoms with Gasteiger partial charge >= 0.3 is 12.1 Å². The molecule has 2 aromatic rings. The van der Waals surface area contributed by atoms with Crippen LogP contribution in [0, 0.1) is 0 Å². The molecule has 0 amide bonds. The second-order valence-electron chi connectivity index (χ2n) is 5.21. The first kappa shape index (κ1) is 19.2. The maximum atomic E-state index is 12.7. The number of carbonyl (C=O) groups excluding carboxylic acids is 2. The zero-order valence-corrected chi connectivity index (χ0v) is 13.7. The van der Waals surface area contributed by atoms with Crippen LogP contribution in [-0.2, 0) is 15.7 Å². The normalized spacial score (nSPS) is 11.4. The lowest BCUT2D eigenvalue weighted by Crippen LogP contribution is -2.12. The van der Waals surface area contributed by atoms with E-state index in [1.54, 1.807) is 0 Å². The molecule has 0 fully saturated rings. The number of hydrogen-bond acceptors (Lipinski definition) is 4. The minimum absolute atomic E-state index is 0.251. The van der Waals surface area contributed by atoms with Gasteiger partial charge in [0.25, 0.3) is 0 Å². The third-order valence-corrected chi connectivity index (χ3v) is 3.36. The molecule has 0 bridgehead atoms. The smallest absolute Gasteiger partial charge is 0.416 e. The number of esters is 1. The molecule has 0 heterocycles. The van der Waals surface area contributed by atoms with Crippen molar-refractivity contribution in [2.45, 2.75) is 6.18 Å². The summed E-state index contributed by atoms with van der Waals surface area (Å²) in [4.78, 5) is 23.1. The van der Waals surface area contributed by atoms with Crippen LogP contribution in [0.25, 0.3) is 6.08 Å². The van der Waals surface area contributed by atoms with E-state index in [-0.39, 0.29) is 18.0 Å². The van der Waals surface area contributed by atoms with Crippen molar-refractivity contribution in [3.05, 3.63) is 71.3 Å². The zero-order valence-electron chi connectivity index (χ0n) is 13.7. The SMILES string of the molecule is COC(=O)COc1ccc(C(=O)/C=C/c2cccc(C(F)(F)F)c2)cc1. The Balaban J connectivity index is 2.03. The number of halogens is 3. The van der Waals surface area contributed by atoms with Gasteiger partial charge in [-0.2, -0.15) is 13.2 Å². The highest BCUT2D eigenvalue weighted by Crippen LogP contribution is 2.29. The van der Waals surface area contributed by atoms with Crippen LogP contribution in [0.5, 0.6) is 5.75 Å². The Kier molecular flexibility index (Phi) is 6.16. The fraction of sp³-hybridized carbons (Fsp3) is 0.158. The van der Waals surface area contributed by atoms with Gasteiger partial charge < -0.3 is 9.47 Å². The highest BCUT2D eigenvalue weighted by Gasteiger charge is 2.30. The van der Waals surface area contributed by atoms with E-state index in [1.807, 2.05) is 0 Å². The first-order chi connectivity index (χ1) is 12.3. The van der Waals surface area contributed by atoms with Gasteiger partial charge in [-0.1, -0.05) is 18.2 Å². The molecular weight excluding hydrogens is 349 g/mol. The number of carbonyl (C=O) groups is 2. The summed E-state index contributed by atoms with van der Waals surface area (Å²) in [5.74, 6) is -0.523. The van der Waals surface area contributed by atoms with Gasteiger partial charge in [-0.05, 0) is 48.0 Å². The number of benzene rings is 2. The van der Waals surface area contributed by atoms with Gasteiger partial charge in [-0.3, -0.25) is 4.79 Å². The summed E-state index contributed by atoms with van der Waals surface area (Å²) < 4.78 is 47.6. The van der Waals surface area contributed by atoms with Crippen molar-refractivity contribution in [3.8, 4) is 5.75 Å². The molecular formula is C19H15F3O4. The molecule has 0 aromatic heterocycles. The van der Waals surface area contributed by atoms with Crippen LogP contribution in [0.4, 0.5) is 13.2 Å². The zero-order chi connectivity index (χ0) is 19.2. The fourth-order valence-corrected chi connectivity index (χ4v) is 2.00. The van der Waals surface area contributed by atoms with Crippen molar-refractivity contribution in [3.63, 3.8) is 0 Å². The topological polar surface area (TPSA) is 52.6 Å². The van der Waals surface area contributed by atoms with E-state index in [0.717, 1.165) is 12.1 Å². The highest BCUT2D eigenvalue weighted by molar-refractivity contribution is 6.06. The Labute approximate surface area is 147 Å². The number of rotatable bonds is 6. The van der Waals surface area contributed by atoms with E-state index in [9.17, 15) is 22.8 Å². The molecule has 0 saturated carbocycles. The van der Waals surface area contributed by atoms with Crippen LogP contribution in [-0.4, -0.2) is 25.5 Å². The summed E-state index contributed by atoms with van der Waals surface area (Å²) >= 11 is 0. The van der Waals surface area contributed by atoms with Crippen molar-refractivity contribution in [1.82, 2.24) is 0 Å². The van der Waals surface area contributed by atoms with Crippen LogP contribution in [0.2, 0.25) is 0 Å². The Morgan fingerprint density at radius 3 is 2.38 bits per heavy atom. The molecule has 7 heteroatoms. The average Bonchev–Trinajstić information content (AvgIpc) is 2.64. The Morgan fingerprint density at radius 1 is 1.08 bits per heavy atom. The lowest BCUT2D eigenvalue weighted by Gasteiger charge is -2.06. The van der Waals surface area contributed by atoms with E-state index >= 15 is 0 Å². The summed E-state index contributed by atoms with van der Waals surface area (Å²) in [6.45, 7) is -0.251. The van der Waals surface area contributed by atoms with Crippen LogP contribution >= 0.6 is 0 Å². The van der Waals surface area contributed by atoms with E-state index in [1.165, 1.54) is 55.7 Å². The molecule has 0 saturated heterocycles. The number of alkyl halides is 3. The van der Waals surface area contributed by atoms with E-state index in [4.69, 9.17) is 4.74 Å². The third-order valence-electron chi connectivity index (χ3n) is 3.36. The molecule has 2 aromatic carbocycles. The van der Waals surface area contributed by atoms with Gasteiger partial charge in [0.1, 0.15) is 5.75 Å². The van der Waals surface area contributed by atoms with Gasteiger partial charge in [-0.25, -0.2) is 4.79 Å². The predicted octanol–water partition coefficient (Wildman–Crippen LogP) is 4.15. The maximum Gasteiger partial charge on any atom is 0.416 e. The molecule has 0 N–H and O–H groups in total. The summed E-state index contributed by atoms with van der Waals surface area (Å²) in [6, 6.07) is 10.7. The monoisotopic (exact) mass is 364 g/mol. The maximum absolute atomic E-state index is 12.7. The number of allylic oxidation sites excluding steroid dienone is 1. The van der Waals surface area contributed by atoms with Gasteiger partial charge in [0.05, 0.1) is 12.7 Å². The highest BCUT2D eigenvalue weighted by atomic mass is 19.4. The Morgan fingerprint density at radius 2 is 1.77 bits per heavy atom. The quantitative estimate of drug-likeness (QED) is 0.439. The van der Waals surface area contributed by atoms with Gasteiger partial charge in [0.15, 0.2) is 12.4 Å². The molecule has 0 aliphatic heterocycles. The van der Waals surface area contributed by atoms with E-state index in [2.05, 4.69) is 4.74 Å². The van der Waals surface area contributed by atoms with Gasteiger partial charge in [0, 0.05) is 5.56 Å². The third kappa shape index (κ3) is 5.47. The average molecular weight is 364 g/mol. The van der Waals surface area contributed by atoms with Crippen molar-refractivity contribution < 1.29 is 32.2 Å². The molecule has 0 unspecified atom stereocenters. The summed E-state index contributed by atoms with van der Waals surface area (Å²) in [6.07, 6.45) is -1.92. The standard InChI is InChI=1S/C19H15F3O4/c1-25-18(24)12-26-16-8-6-14(7-9-16)17(23)10-5-13-3-2-4-15(11-13)19(20,21)22/h2-11H,12H2,1H3/b10-5+. The van der Waals surface area contributed by atoms with Crippen molar-refractivity contribution in [1.29, 1.82) is 0 Å². The van der Waals surface area contributed by atoms with E-state index in [0.29, 0.717) is 11.3 Å². The minimum Gasteiger partial charge on any atom is -0.482 e. The second-order valence-corrected chi connectivity index (χ2v) is 5.21.